The van der Waals surface area contributed by atoms with Crippen LogP contribution in [0, 0.1) is 0 Å². The maximum Gasteiger partial charge on any atom is 0.416 e. The van der Waals surface area contributed by atoms with Gasteiger partial charge in [0.2, 0.25) is 0 Å². The predicted octanol–water partition coefficient (Wildman–Crippen LogP) is 4.84. The molecule has 0 spiro atoms. The lowest BCUT2D eigenvalue weighted by molar-refractivity contribution is -0.137. The lowest BCUT2D eigenvalue weighted by atomic mass is 10.1. The van der Waals surface area contributed by atoms with E-state index in [0.29, 0.717) is 5.56 Å². The van der Waals surface area contributed by atoms with Gasteiger partial charge in [0.15, 0.2) is 5.16 Å². The Morgan fingerprint density at radius 1 is 1.22 bits per heavy atom. The third-order valence-corrected chi connectivity index (χ3v) is 4.81. The molecule has 1 atom stereocenters. The Hall–Kier alpha value is -2.02. The van der Waals surface area contributed by atoms with Gasteiger partial charge in [-0.2, -0.15) is 13.2 Å². The number of pyridine rings is 1. The predicted molar refractivity (Wildman–Crippen MR) is 84.2 cm³/mol. The number of nitrogens with zero attached hydrogens (tertiary/aromatic N) is 3. The molecule has 1 unspecified atom stereocenters. The highest BCUT2D eigenvalue weighted by Gasteiger charge is 2.30. The van der Waals surface area contributed by atoms with Crippen LogP contribution < -0.4 is 0 Å². The summed E-state index contributed by atoms with van der Waals surface area (Å²) in [6.07, 6.45) is -0.939. The van der Waals surface area contributed by atoms with Crippen LogP contribution in [0.5, 0.6) is 0 Å². The lowest BCUT2D eigenvalue weighted by Crippen LogP contribution is -2.05. The minimum absolute atomic E-state index is 0.152. The van der Waals surface area contributed by atoms with Crippen LogP contribution >= 0.6 is 11.8 Å². The van der Waals surface area contributed by atoms with Crippen LogP contribution in [0.3, 0.4) is 0 Å². The molecule has 23 heavy (non-hydrogen) atoms. The largest absolute Gasteiger partial charge is 0.416 e. The second kappa shape index (κ2) is 5.88. The van der Waals surface area contributed by atoms with Gasteiger partial charge >= 0.3 is 6.18 Å². The van der Waals surface area contributed by atoms with Gasteiger partial charge in [-0.05, 0) is 24.6 Å². The summed E-state index contributed by atoms with van der Waals surface area (Å²) in [5.41, 5.74) is 1.71. The van der Waals surface area contributed by atoms with Gasteiger partial charge in [0, 0.05) is 18.5 Å². The molecule has 0 aliphatic rings. The molecule has 120 valence electrons. The summed E-state index contributed by atoms with van der Waals surface area (Å²) in [5, 5.41) is 0.596. The average molecular weight is 337 g/mol. The van der Waals surface area contributed by atoms with E-state index in [1.807, 2.05) is 24.6 Å². The van der Waals surface area contributed by atoms with Crippen molar-refractivity contribution in [1.82, 2.24) is 14.5 Å². The Balaban J connectivity index is 1.89. The van der Waals surface area contributed by atoms with Gasteiger partial charge in [-0.15, -0.1) is 0 Å². The van der Waals surface area contributed by atoms with Gasteiger partial charge in [-0.3, -0.25) is 4.98 Å². The molecule has 1 aromatic carbocycles. The number of aromatic nitrogens is 3. The number of thioether (sulfide) groups is 1. The molecule has 2 aromatic heterocycles. The summed E-state index contributed by atoms with van der Waals surface area (Å²) in [7, 11) is 1.87. The van der Waals surface area contributed by atoms with Crippen molar-refractivity contribution in [3.63, 3.8) is 0 Å². The first-order valence-corrected chi connectivity index (χ1v) is 7.84. The summed E-state index contributed by atoms with van der Waals surface area (Å²) in [6.45, 7) is 1.87. The first kappa shape index (κ1) is 15.9. The van der Waals surface area contributed by atoms with Crippen molar-refractivity contribution in [2.45, 2.75) is 23.5 Å². The lowest BCUT2D eigenvalue weighted by Gasteiger charge is -2.14. The molecule has 0 radical (unpaired) electrons. The maximum atomic E-state index is 12.8. The van der Waals surface area contributed by atoms with Crippen molar-refractivity contribution < 1.29 is 13.2 Å². The Labute approximate surface area is 135 Å². The summed E-state index contributed by atoms with van der Waals surface area (Å²) in [6, 6.07) is 7.24. The normalized spacial score (nSPS) is 13.4. The van der Waals surface area contributed by atoms with E-state index in [1.165, 1.54) is 23.9 Å². The number of fused-ring (bicyclic) bond motifs is 1. The van der Waals surface area contributed by atoms with Gasteiger partial charge in [0.1, 0.15) is 0 Å². The van der Waals surface area contributed by atoms with Crippen molar-refractivity contribution in [3.8, 4) is 0 Å². The average Bonchev–Trinajstić information content (AvgIpc) is 2.83. The zero-order valence-corrected chi connectivity index (χ0v) is 13.3. The quantitative estimate of drug-likeness (QED) is 0.641. The summed E-state index contributed by atoms with van der Waals surface area (Å²) in [4.78, 5) is 8.58. The number of hydrogen-bond acceptors (Lipinski definition) is 3. The first-order chi connectivity index (χ1) is 10.9. The minimum Gasteiger partial charge on any atom is -0.321 e. The SMILES string of the molecule is CC(Sc1nc2ccncc2n1C)c1cccc(C(F)(F)F)c1. The van der Waals surface area contributed by atoms with E-state index in [2.05, 4.69) is 9.97 Å². The highest BCUT2D eigenvalue weighted by molar-refractivity contribution is 7.99. The Bertz CT molecular complexity index is 842. The topological polar surface area (TPSA) is 30.7 Å². The number of hydrogen-bond donors (Lipinski definition) is 0. The number of aryl methyl sites for hydroxylation is 1. The molecule has 0 aliphatic carbocycles. The number of alkyl halides is 3. The van der Waals surface area contributed by atoms with Crippen molar-refractivity contribution in [2.75, 3.05) is 0 Å². The van der Waals surface area contributed by atoms with Gasteiger partial charge in [-0.25, -0.2) is 4.98 Å². The molecule has 0 amide bonds. The van der Waals surface area contributed by atoms with Crippen molar-refractivity contribution in [2.24, 2.45) is 7.05 Å². The number of halogens is 3. The standard InChI is InChI=1S/C16H14F3N3S/c1-10(11-4-3-5-12(8-11)16(17,18)19)23-15-21-13-6-7-20-9-14(13)22(15)2/h3-10H,1-2H3. The third-order valence-electron chi connectivity index (χ3n) is 3.61. The number of rotatable bonds is 3. The van der Waals surface area contributed by atoms with Gasteiger partial charge in [0.25, 0.3) is 0 Å². The molecule has 0 saturated heterocycles. The molecule has 3 aromatic rings. The van der Waals surface area contributed by atoms with Crippen molar-refractivity contribution in [1.29, 1.82) is 0 Å². The molecule has 2 heterocycles. The second-order valence-corrected chi connectivity index (χ2v) is 6.51. The Morgan fingerprint density at radius 2 is 2.00 bits per heavy atom. The highest BCUT2D eigenvalue weighted by atomic mass is 32.2. The van der Waals surface area contributed by atoms with E-state index in [9.17, 15) is 13.2 Å². The van der Waals surface area contributed by atoms with Crippen molar-refractivity contribution in [3.05, 3.63) is 53.9 Å². The van der Waals surface area contributed by atoms with Gasteiger partial charge in [-0.1, -0.05) is 30.0 Å². The van der Waals surface area contributed by atoms with E-state index in [0.717, 1.165) is 22.3 Å². The molecular formula is C16H14F3N3S. The van der Waals surface area contributed by atoms with Crippen LogP contribution in [-0.4, -0.2) is 14.5 Å². The molecule has 0 aliphatic heterocycles. The fourth-order valence-electron chi connectivity index (χ4n) is 2.31. The monoisotopic (exact) mass is 337 g/mol. The van der Waals surface area contributed by atoms with Crippen LogP contribution in [0.4, 0.5) is 13.2 Å². The summed E-state index contributed by atoms with van der Waals surface area (Å²) in [5.74, 6) is 0. The second-order valence-electron chi connectivity index (χ2n) is 5.20. The molecule has 0 fully saturated rings. The minimum atomic E-state index is -4.33. The summed E-state index contributed by atoms with van der Waals surface area (Å²) >= 11 is 1.43. The van der Waals surface area contributed by atoms with E-state index >= 15 is 0 Å². The van der Waals surface area contributed by atoms with E-state index in [1.54, 1.807) is 18.5 Å². The molecule has 0 N–H and O–H groups in total. The molecule has 3 nitrogen and oxygen atoms in total. The van der Waals surface area contributed by atoms with Gasteiger partial charge in [0.05, 0.1) is 22.8 Å². The maximum absolute atomic E-state index is 12.8. The fourth-order valence-corrected chi connectivity index (χ4v) is 3.32. The Morgan fingerprint density at radius 3 is 2.70 bits per heavy atom. The molecule has 3 rings (SSSR count). The fraction of sp³-hybridized carbons (Fsp3) is 0.250. The Kier molecular flexibility index (Phi) is 4.06. The molecule has 0 bridgehead atoms. The van der Waals surface area contributed by atoms with E-state index < -0.39 is 11.7 Å². The zero-order chi connectivity index (χ0) is 16.6. The summed E-state index contributed by atoms with van der Waals surface area (Å²) < 4.78 is 40.4. The van der Waals surface area contributed by atoms with Crippen LogP contribution in [0.1, 0.15) is 23.3 Å². The zero-order valence-electron chi connectivity index (χ0n) is 12.5. The van der Waals surface area contributed by atoms with E-state index in [4.69, 9.17) is 0 Å². The van der Waals surface area contributed by atoms with Crippen LogP contribution in [-0.2, 0) is 13.2 Å². The first-order valence-electron chi connectivity index (χ1n) is 6.96. The molecule has 7 heteroatoms. The van der Waals surface area contributed by atoms with Crippen LogP contribution in [0.15, 0.2) is 47.9 Å². The van der Waals surface area contributed by atoms with Gasteiger partial charge < -0.3 is 4.57 Å². The molecule has 0 saturated carbocycles. The van der Waals surface area contributed by atoms with Crippen LogP contribution in [0.2, 0.25) is 0 Å². The number of imidazole rings is 1. The molecular weight excluding hydrogens is 323 g/mol. The van der Waals surface area contributed by atoms with E-state index in [-0.39, 0.29) is 5.25 Å². The van der Waals surface area contributed by atoms with Crippen molar-refractivity contribution >= 4 is 22.8 Å². The smallest absolute Gasteiger partial charge is 0.321 e. The number of benzene rings is 1. The highest BCUT2D eigenvalue weighted by Crippen LogP contribution is 2.37. The van der Waals surface area contributed by atoms with Crippen LogP contribution in [0.25, 0.3) is 11.0 Å². The third kappa shape index (κ3) is 3.19.